The first-order chi connectivity index (χ1) is 5.73. The van der Waals surface area contributed by atoms with Gasteiger partial charge in [0, 0.05) is 12.6 Å². The number of nitrogens with one attached hydrogen (secondary N) is 1. The highest BCUT2D eigenvalue weighted by Gasteiger charge is 2.34. The van der Waals surface area contributed by atoms with E-state index in [1.165, 1.54) is 12.8 Å². The summed E-state index contributed by atoms with van der Waals surface area (Å²) in [4.78, 5) is 0. The molecule has 1 rings (SSSR count). The van der Waals surface area contributed by atoms with Crippen molar-refractivity contribution in [3.8, 4) is 0 Å². The molecule has 0 aromatic heterocycles. The first-order valence-corrected chi connectivity index (χ1v) is 4.83. The Hall–Kier alpha value is -0.120. The van der Waals surface area contributed by atoms with Crippen molar-refractivity contribution < 1.29 is 4.74 Å². The molecule has 1 aliphatic heterocycles. The van der Waals surface area contributed by atoms with E-state index in [-0.39, 0.29) is 11.6 Å². The Labute approximate surface area is 74.6 Å². The van der Waals surface area contributed by atoms with Gasteiger partial charge >= 0.3 is 0 Å². The zero-order chi connectivity index (χ0) is 9.03. The Balaban J connectivity index is 2.53. The molecule has 2 unspecified atom stereocenters. The number of hydrogen-bond acceptors (Lipinski definition) is 3. The van der Waals surface area contributed by atoms with Crippen molar-refractivity contribution in [2.45, 2.75) is 51.2 Å². The predicted octanol–water partition coefficient (Wildman–Crippen LogP) is 1.19. The lowest BCUT2D eigenvalue weighted by atomic mass is 9.87. The average molecular weight is 172 g/mol. The van der Waals surface area contributed by atoms with Crippen LogP contribution in [0.1, 0.15) is 39.5 Å². The van der Waals surface area contributed by atoms with Gasteiger partial charge in [0.1, 0.15) is 0 Å². The number of hydrazine groups is 1. The molecule has 2 atom stereocenters. The summed E-state index contributed by atoms with van der Waals surface area (Å²) in [5, 5.41) is 0. The van der Waals surface area contributed by atoms with Gasteiger partial charge in [-0.1, -0.05) is 6.92 Å². The number of hydrogen-bond donors (Lipinski definition) is 2. The average Bonchev–Trinajstić information content (AvgIpc) is 2.07. The minimum Gasteiger partial charge on any atom is -0.374 e. The number of rotatable bonds is 3. The maximum absolute atomic E-state index is 5.77. The first kappa shape index (κ1) is 9.96. The van der Waals surface area contributed by atoms with E-state index in [9.17, 15) is 0 Å². The second-order valence-corrected chi connectivity index (χ2v) is 3.75. The lowest BCUT2D eigenvalue weighted by Gasteiger charge is -2.39. The summed E-state index contributed by atoms with van der Waals surface area (Å²) in [5.41, 5.74) is 2.80. The van der Waals surface area contributed by atoms with E-state index in [1.807, 2.05) is 0 Å². The second-order valence-electron chi connectivity index (χ2n) is 3.75. The third kappa shape index (κ3) is 1.97. The van der Waals surface area contributed by atoms with Crippen LogP contribution in [0.4, 0.5) is 0 Å². The summed E-state index contributed by atoms with van der Waals surface area (Å²) in [7, 11) is 0. The van der Waals surface area contributed by atoms with Crippen LogP contribution in [0.2, 0.25) is 0 Å². The van der Waals surface area contributed by atoms with E-state index in [1.54, 1.807) is 0 Å². The molecule has 1 fully saturated rings. The van der Waals surface area contributed by atoms with E-state index in [0.717, 1.165) is 19.4 Å². The maximum Gasteiger partial charge on any atom is 0.0820 e. The van der Waals surface area contributed by atoms with Gasteiger partial charge in [-0.25, -0.2) is 0 Å². The monoisotopic (exact) mass is 172 g/mol. The van der Waals surface area contributed by atoms with Gasteiger partial charge in [0.15, 0.2) is 0 Å². The minimum absolute atomic E-state index is 0.0399. The molecule has 3 N–H and O–H groups in total. The van der Waals surface area contributed by atoms with Crippen LogP contribution in [0, 0.1) is 0 Å². The highest BCUT2D eigenvalue weighted by molar-refractivity contribution is 4.89. The van der Waals surface area contributed by atoms with Crippen molar-refractivity contribution in [2.75, 3.05) is 6.61 Å². The quantitative estimate of drug-likeness (QED) is 0.496. The summed E-state index contributed by atoms with van der Waals surface area (Å²) < 4.78 is 5.77. The Bertz CT molecular complexity index is 128. The molecule has 3 nitrogen and oxygen atoms in total. The molecule has 0 amide bonds. The van der Waals surface area contributed by atoms with Crippen molar-refractivity contribution in [3.05, 3.63) is 0 Å². The van der Waals surface area contributed by atoms with Crippen molar-refractivity contribution in [2.24, 2.45) is 5.84 Å². The van der Waals surface area contributed by atoms with Crippen LogP contribution in [-0.2, 0) is 4.74 Å². The largest absolute Gasteiger partial charge is 0.374 e. The van der Waals surface area contributed by atoms with Gasteiger partial charge in [-0.2, -0.15) is 0 Å². The topological polar surface area (TPSA) is 47.3 Å². The molecule has 3 heteroatoms. The van der Waals surface area contributed by atoms with Gasteiger partial charge in [-0.05, 0) is 32.6 Å². The molecule has 0 spiro atoms. The molecule has 0 aromatic carbocycles. The van der Waals surface area contributed by atoms with Crippen LogP contribution in [0.15, 0.2) is 0 Å². The van der Waals surface area contributed by atoms with E-state index in [0.29, 0.717) is 0 Å². The predicted molar refractivity (Wildman–Crippen MR) is 49.6 cm³/mol. The lowest BCUT2D eigenvalue weighted by molar-refractivity contribution is -0.0892. The summed E-state index contributed by atoms with van der Waals surface area (Å²) in [5.74, 6) is 5.47. The van der Waals surface area contributed by atoms with Crippen LogP contribution >= 0.6 is 0 Å². The minimum atomic E-state index is -0.0399. The van der Waals surface area contributed by atoms with Crippen LogP contribution in [0.3, 0.4) is 0 Å². The number of nitrogens with two attached hydrogens (primary N) is 1. The third-order valence-electron chi connectivity index (χ3n) is 2.85. The molecular formula is C9H20N2O. The van der Waals surface area contributed by atoms with Gasteiger partial charge in [-0.3, -0.25) is 11.3 Å². The first-order valence-electron chi connectivity index (χ1n) is 4.83. The molecule has 1 aliphatic rings. The van der Waals surface area contributed by atoms with Crippen molar-refractivity contribution in [1.29, 1.82) is 0 Å². The fourth-order valence-electron chi connectivity index (χ4n) is 1.96. The van der Waals surface area contributed by atoms with E-state index < -0.39 is 0 Å². The van der Waals surface area contributed by atoms with Gasteiger partial charge < -0.3 is 4.74 Å². The fraction of sp³-hybridized carbons (Fsp3) is 1.00. The Morgan fingerprint density at radius 3 is 2.75 bits per heavy atom. The maximum atomic E-state index is 5.77. The highest BCUT2D eigenvalue weighted by atomic mass is 16.5. The molecular weight excluding hydrogens is 152 g/mol. The fourth-order valence-corrected chi connectivity index (χ4v) is 1.96. The summed E-state index contributed by atoms with van der Waals surface area (Å²) in [6, 6.07) is 0.290. The molecule has 72 valence electrons. The van der Waals surface area contributed by atoms with E-state index in [4.69, 9.17) is 10.6 Å². The molecule has 0 saturated carbocycles. The summed E-state index contributed by atoms with van der Waals surface area (Å²) in [6.45, 7) is 5.17. The van der Waals surface area contributed by atoms with Crippen molar-refractivity contribution in [1.82, 2.24) is 5.43 Å². The molecule has 1 saturated heterocycles. The number of ether oxygens (including phenoxy) is 1. The molecule has 0 bridgehead atoms. The summed E-state index contributed by atoms with van der Waals surface area (Å²) >= 11 is 0. The highest BCUT2D eigenvalue weighted by Crippen LogP contribution is 2.28. The zero-order valence-electron chi connectivity index (χ0n) is 8.10. The summed E-state index contributed by atoms with van der Waals surface area (Å²) in [6.07, 6.45) is 4.59. The van der Waals surface area contributed by atoms with Crippen LogP contribution in [0.5, 0.6) is 0 Å². The Kier molecular flexibility index (Phi) is 3.50. The Morgan fingerprint density at radius 1 is 1.58 bits per heavy atom. The van der Waals surface area contributed by atoms with Gasteiger partial charge in [-0.15, -0.1) is 0 Å². The van der Waals surface area contributed by atoms with E-state index in [2.05, 4.69) is 19.3 Å². The van der Waals surface area contributed by atoms with Crippen molar-refractivity contribution >= 4 is 0 Å². The molecule has 0 radical (unpaired) electrons. The van der Waals surface area contributed by atoms with Crippen molar-refractivity contribution in [3.63, 3.8) is 0 Å². The van der Waals surface area contributed by atoms with Gasteiger partial charge in [0.2, 0.25) is 0 Å². The van der Waals surface area contributed by atoms with Crippen LogP contribution < -0.4 is 11.3 Å². The normalized spacial score (nSPS) is 33.2. The van der Waals surface area contributed by atoms with Gasteiger partial charge in [0.25, 0.3) is 0 Å². The second kappa shape index (κ2) is 4.21. The van der Waals surface area contributed by atoms with Gasteiger partial charge in [0.05, 0.1) is 5.60 Å². The standard InChI is InChI=1S/C9H20N2O/c1-3-8(11-10)9(2)6-4-5-7-12-9/h8,11H,3-7,10H2,1-2H3. The SMILES string of the molecule is CCC(NN)C1(C)CCCCO1. The third-order valence-corrected chi connectivity index (χ3v) is 2.85. The zero-order valence-corrected chi connectivity index (χ0v) is 8.10. The molecule has 12 heavy (non-hydrogen) atoms. The van der Waals surface area contributed by atoms with Crippen LogP contribution in [-0.4, -0.2) is 18.2 Å². The molecule has 0 aromatic rings. The Morgan fingerprint density at radius 2 is 2.33 bits per heavy atom. The lowest BCUT2D eigenvalue weighted by Crippen LogP contribution is -2.54. The smallest absolute Gasteiger partial charge is 0.0820 e. The molecule has 0 aliphatic carbocycles. The molecule has 1 heterocycles. The van der Waals surface area contributed by atoms with E-state index >= 15 is 0 Å². The van der Waals surface area contributed by atoms with Crippen LogP contribution in [0.25, 0.3) is 0 Å².